The van der Waals surface area contributed by atoms with Crippen molar-refractivity contribution in [3.05, 3.63) is 47.0 Å². The second-order valence-corrected chi connectivity index (χ2v) is 5.47. The predicted octanol–water partition coefficient (Wildman–Crippen LogP) is 4.29. The molecule has 1 atom stereocenters. The Hall–Kier alpha value is -1.59. The average Bonchev–Trinajstić information content (AvgIpc) is 2.53. The predicted molar refractivity (Wildman–Crippen MR) is 83.3 cm³/mol. The molecule has 0 bridgehead atoms. The monoisotopic (exact) mass is 268 g/mol. The van der Waals surface area contributed by atoms with E-state index in [-0.39, 0.29) is 6.04 Å². The van der Waals surface area contributed by atoms with E-state index in [0.29, 0.717) is 0 Å². The Kier molecular flexibility index (Phi) is 5.83. The summed E-state index contributed by atoms with van der Waals surface area (Å²) in [6.07, 6.45) is 9.63. The van der Waals surface area contributed by atoms with E-state index in [1.807, 2.05) is 0 Å². The summed E-state index contributed by atoms with van der Waals surface area (Å²) >= 11 is 0. The fraction of sp³-hybridized carbons (Fsp3) is 0.500. The molecule has 0 fully saturated rings. The van der Waals surface area contributed by atoms with Gasteiger partial charge >= 0.3 is 0 Å². The highest BCUT2D eigenvalue weighted by Crippen LogP contribution is 2.20. The van der Waals surface area contributed by atoms with Gasteiger partial charge in [0.05, 0.1) is 6.07 Å². The SMILES string of the molecule is CCc1ccc(C(C#N)NCCC2=CCCCC2)cc1. The van der Waals surface area contributed by atoms with Crippen LogP contribution in [0.2, 0.25) is 0 Å². The van der Waals surface area contributed by atoms with Crippen LogP contribution in [0.15, 0.2) is 35.9 Å². The third-order valence-corrected chi connectivity index (χ3v) is 4.03. The largest absolute Gasteiger partial charge is 0.298 e. The average molecular weight is 268 g/mol. The van der Waals surface area contributed by atoms with Gasteiger partial charge in [-0.1, -0.05) is 42.8 Å². The summed E-state index contributed by atoms with van der Waals surface area (Å²) in [6.45, 7) is 3.03. The van der Waals surface area contributed by atoms with Crippen molar-refractivity contribution in [2.45, 2.75) is 51.5 Å². The van der Waals surface area contributed by atoms with Gasteiger partial charge in [-0.3, -0.25) is 5.32 Å². The fourth-order valence-corrected chi connectivity index (χ4v) is 2.69. The quantitative estimate of drug-likeness (QED) is 0.781. The van der Waals surface area contributed by atoms with Gasteiger partial charge in [-0.2, -0.15) is 5.26 Å². The Labute approximate surface area is 122 Å². The molecular formula is C18H24N2. The molecule has 0 radical (unpaired) electrons. The summed E-state index contributed by atoms with van der Waals surface area (Å²) in [7, 11) is 0. The smallest absolute Gasteiger partial charge is 0.121 e. The lowest BCUT2D eigenvalue weighted by molar-refractivity contribution is 0.601. The maximum absolute atomic E-state index is 9.32. The molecule has 1 aliphatic rings. The number of nitrogens with zero attached hydrogens (tertiary/aromatic N) is 1. The molecule has 0 heterocycles. The fourth-order valence-electron chi connectivity index (χ4n) is 2.69. The molecular weight excluding hydrogens is 244 g/mol. The zero-order chi connectivity index (χ0) is 14.2. The molecule has 1 N–H and O–H groups in total. The summed E-state index contributed by atoms with van der Waals surface area (Å²) in [6, 6.07) is 10.5. The molecule has 0 amide bonds. The molecule has 1 unspecified atom stereocenters. The first-order valence-corrected chi connectivity index (χ1v) is 7.73. The van der Waals surface area contributed by atoms with Gasteiger partial charge in [-0.05, 0) is 49.7 Å². The van der Waals surface area contributed by atoms with Crippen LogP contribution in [-0.2, 0) is 6.42 Å². The maximum Gasteiger partial charge on any atom is 0.121 e. The third kappa shape index (κ3) is 4.21. The van der Waals surface area contributed by atoms with Crippen LogP contribution in [0, 0.1) is 11.3 Å². The summed E-state index contributed by atoms with van der Waals surface area (Å²) in [5.41, 5.74) is 3.95. The van der Waals surface area contributed by atoms with Gasteiger partial charge in [-0.25, -0.2) is 0 Å². The van der Waals surface area contributed by atoms with E-state index in [4.69, 9.17) is 0 Å². The molecule has 20 heavy (non-hydrogen) atoms. The van der Waals surface area contributed by atoms with Crippen molar-refractivity contribution in [2.75, 3.05) is 6.54 Å². The van der Waals surface area contributed by atoms with Crippen LogP contribution >= 0.6 is 0 Å². The Morgan fingerprint density at radius 3 is 2.65 bits per heavy atom. The minimum Gasteiger partial charge on any atom is -0.298 e. The molecule has 0 aromatic heterocycles. The van der Waals surface area contributed by atoms with Gasteiger partial charge < -0.3 is 0 Å². The molecule has 1 aromatic rings. The molecule has 1 aliphatic carbocycles. The number of rotatable bonds is 6. The van der Waals surface area contributed by atoms with Crippen molar-refractivity contribution < 1.29 is 0 Å². The first kappa shape index (κ1) is 14.8. The summed E-state index contributed by atoms with van der Waals surface area (Å²) in [4.78, 5) is 0. The molecule has 0 spiro atoms. The topological polar surface area (TPSA) is 35.8 Å². The van der Waals surface area contributed by atoms with Crippen molar-refractivity contribution in [3.63, 3.8) is 0 Å². The van der Waals surface area contributed by atoms with Gasteiger partial charge in [0.1, 0.15) is 6.04 Å². The molecule has 2 nitrogen and oxygen atoms in total. The summed E-state index contributed by atoms with van der Waals surface area (Å²) in [5.74, 6) is 0. The van der Waals surface area contributed by atoms with E-state index < -0.39 is 0 Å². The Bertz CT molecular complexity index is 479. The Morgan fingerprint density at radius 2 is 2.05 bits per heavy atom. The highest BCUT2D eigenvalue weighted by molar-refractivity contribution is 5.28. The number of nitrogens with one attached hydrogen (secondary N) is 1. The van der Waals surface area contributed by atoms with E-state index in [9.17, 15) is 5.26 Å². The molecule has 0 saturated heterocycles. The molecule has 106 valence electrons. The van der Waals surface area contributed by atoms with Crippen LogP contribution in [-0.4, -0.2) is 6.54 Å². The van der Waals surface area contributed by atoms with Gasteiger partial charge in [0.15, 0.2) is 0 Å². The van der Waals surface area contributed by atoms with Crippen LogP contribution in [0.25, 0.3) is 0 Å². The normalized spacial score (nSPS) is 16.3. The van der Waals surface area contributed by atoms with Gasteiger partial charge in [0.2, 0.25) is 0 Å². The molecule has 1 aromatic carbocycles. The van der Waals surface area contributed by atoms with Crippen molar-refractivity contribution >= 4 is 0 Å². The minimum absolute atomic E-state index is 0.190. The maximum atomic E-state index is 9.32. The number of aryl methyl sites for hydroxylation is 1. The number of hydrogen-bond donors (Lipinski definition) is 1. The first-order valence-electron chi connectivity index (χ1n) is 7.73. The minimum atomic E-state index is -0.190. The van der Waals surface area contributed by atoms with Crippen molar-refractivity contribution in [1.82, 2.24) is 5.32 Å². The molecule has 2 heteroatoms. The lowest BCUT2D eigenvalue weighted by Gasteiger charge is -2.15. The number of benzene rings is 1. The second kappa shape index (κ2) is 7.87. The van der Waals surface area contributed by atoms with Gasteiger partial charge in [0, 0.05) is 6.54 Å². The zero-order valence-electron chi connectivity index (χ0n) is 12.4. The highest BCUT2D eigenvalue weighted by atomic mass is 14.9. The lowest BCUT2D eigenvalue weighted by atomic mass is 9.97. The third-order valence-electron chi connectivity index (χ3n) is 4.03. The van der Waals surface area contributed by atoms with Crippen LogP contribution in [0.4, 0.5) is 0 Å². The van der Waals surface area contributed by atoms with Crippen LogP contribution in [0.5, 0.6) is 0 Å². The van der Waals surface area contributed by atoms with E-state index in [1.54, 1.807) is 5.57 Å². The van der Waals surface area contributed by atoms with Crippen LogP contribution in [0.1, 0.15) is 56.2 Å². The Balaban J connectivity index is 1.85. The standard InChI is InChI=1S/C18H24N2/c1-2-15-8-10-17(11-9-15)18(14-19)20-13-12-16-6-4-3-5-7-16/h6,8-11,18,20H,2-5,7,12-13H2,1H3. The first-order chi connectivity index (χ1) is 9.83. The van der Waals surface area contributed by atoms with Gasteiger partial charge in [-0.15, -0.1) is 0 Å². The molecule has 2 rings (SSSR count). The second-order valence-electron chi connectivity index (χ2n) is 5.47. The summed E-state index contributed by atoms with van der Waals surface area (Å²) in [5, 5.41) is 12.7. The van der Waals surface area contributed by atoms with Crippen molar-refractivity contribution in [2.24, 2.45) is 0 Å². The molecule has 0 saturated carbocycles. The lowest BCUT2D eigenvalue weighted by Crippen LogP contribution is -2.21. The summed E-state index contributed by atoms with van der Waals surface area (Å²) < 4.78 is 0. The number of nitriles is 1. The zero-order valence-corrected chi connectivity index (χ0v) is 12.4. The van der Waals surface area contributed by atoms with E-state index in [2.05, 4.69) is 48.7 Å². The van der Waals surface area contributed by atoms with E-state index >= 15 is 0 Å². The molecule has 0 aliphatic heterocycles. The van der Waals surface area contributed by atoms with E-state index in [1.165, 1.54) is 31.2 Å². The van der Waals surface area contributed by atoms with Crippen molar-refractivity contribution in [1.29, 1.82) is 5.26 Å². The highest BCUT2D eigenvalue weighted by Gasteiger charge is 2.10. The van der Waals surface area contributed by atoms with Crippen LogP contribution in [0.3, 0.4) is 0 Å². The van der Waals surface area contributed by atoms with E-state index in [0.717, 1.165) is 24.9 Å². The van der Waals surface area contributed by atoms with Gasteiger partial charge in [0.25, 0.3) is 0 Å². The Morgan fingerprint density at radius 1 is 1.25 bits per heavy atom. The van der Waals surface area contributed by atoms with Crippen molar-refractivity contribution in [3.8, 4) is 6.07 Å². The van der Waals surface area contributed by atoms with Crippen LogP contribution < -0.4 is 5.32 Å². The number of allylic oxidation sites excluding steroid dienone is 1. The number of hydrogen-bond acceptors (Lipinski definition) is 2.